The number of aliphatic hydroxyl groups excluding tert-OH is 1. The minimum atomic E-state index is -1.24. The Morgan fingerprint density at radius 2 is 1.50 bits per heavy atom. The van der Waals surface area contributed by atoms with Gasteiger partial charge in [0.15, 0.2) is 5.69 Å². The Balaban J connectivity index is 1.79. The van der Waals surface area contributed by atoms with Crippen LogP contribution in [0.2, 0.25) is 0 Å². The molecule has 9 nitrogen and oxygen atoms in total. The van der Waals surface area contributed by atoms with Gasteiger partial charge in [0.25, 0.3) is 5.69 Å². The first-order valence-corrected chi connectivity index (χ1v) is 11.8. The van der Waals surface area contributed by atoms with Crippen LogP contribution < -0.4 is 4.90 Å². The number of azo groups is 1. The summed E-state index contributed by atoms with van der Waals surface area (Å²) in [5, 5.41) is 37.0. The van der Waals surface area contributed by atoms with Gasteiger partial charge in [0.05, 0.1) is 16.2 Å². The van der Waals surface area contributed by atoms with Crippen molar-refractivity contribution < 1.29 is 19.9 Å². The lowest BCUT2D eigenvalue weighted by Crippen LogP contribution is -2.18. The molecule has 2 aromatic carbocycles. The third-order valence-corrected chi connectivity index (χ3v) is 5.63. The van der Waals surface area contributed by atoms with E-state index < -0.39 is 16.6 Å². The van der Waals surface area contributed by atoms with Crippen molar-refractivity contribution in [3.63, 3.8) is 0 Å². The minimum absolute atomic E-state index is 0.00125. The van der Waals surface area contributed by atoms with Crippen LogP contribution in [0.15, 0.2) is 52.7 Å². The number of aromatic carboxylic acids is 1. The molecule has 0 amide bonds. The molecule has 0 saturated carbocycles. The van der Waals surface area contributed by atoms with E-state index in [0.717, 1.165) is 37.6 Å². The molecule has 0 fully saturated rings. The maximum absolute atomic E-state index is 11.2. The van der Waals surface area contributed by atoms with E-state index >= 15 is 0 Å². The molecule has 2 N–H and O–H groups in total. The second kappa shape index (κ2) is 14.7. The van der Waals surface area contributed by atoms with Crippen LogP contribution >= 0.6 is 0 Å². The summed E-state index contributed by atoms with van der Waals surface area (Å²) in [7, 11) is 2.05. The predicted octanol–water partition coefficient (Wildman–Crippen LogP) is 6.65. The van der Waals surface area contributed by atoms with Gasteiger partial charge in [0.1, 0.15) is 0 Å². The van der Waals surface area contributed by atoms with E-state index in [2.05, 4.69) is 15.1 Å². The third kappa shape index (κ3) is 9.27. The second-order valence-electron chi connectivity index (χ2n) is 8.31. The number of nitrogens with zero attached hydrogens (tertiary/aromatic N) is 4. The SMILES string of the molecule is CN(CCCCCCCCCCCO)c1ccc(N=Nc2ccc(C(=O)O)cc2[N+](=O)[O-])cc1. The Hall–Kier alpha value is -3.33. The van der Waals surface area contributed by atoms with Crippen molar-refractivity contribution in [3.8, 4) is 0 Å². The average molecular weight is 471 g/mol. The summed E-state index contributed by atoms with van der Waals surface area (Å²) in [6.45, 7) is 1.26. The van der Waals surface area contributed by atoms with E-state index in [-0.39, 0.29) is 11.3 Å². The summed E-state index contributed by atoms with van der Waals surface area (Å²) in [6.07, 6.45) is 10.6. The Labute approximate surface area is 200 Å². The van der Waals surface area contributed by atoms with Crippen molar-refractivity contribution in [2.24, 2.45) is 10.2 Å². The molecular formula is C25H34N4O5. The van der Waals surface area contributed by atoms with Gasteiger partial charge < -0.3 is 15.1 Å². The summed E-state index contributed by atoms with van der Waals surface area (Å²) < 4.78 is 0. The van der Waals surface area contributed by atoms with Crippen LogP contribution in [0.25, 0.3) is 0 Å². The van der Waals surface area contributed by atoms with Gasteiger partial charge in [-0.1, -0.05) is 44.9 Å². The van der Waals surface area contributed by atoms with E-state index in [1.165, 1.54) is 50.7 Å². The summed E-state index contributed by atoms with van der Waals surface area (Å²) in [6, 6.07) is 11.0. The van der Waals surface area contributed by atoms with Crippen LogP contribution in [0, 0.1) is 10.1 Å². The van der Waals surface area contributed by atoms with Crippen molar-refractivity contribution in [1.82, 2.24) is 0 Å². The number of nitro groups is 1. The number of aliphatic hydroxyl groups is 1. The number of carboxylic acids is 1. The lowest BCUT2D eigenvalue weighted by molar-refractivity contribution is -0.384. The zero-order valence-corrected chi connectivity index (χ0v) is 19.7. The Morgan fingerprint density at radius 3 is 2.06 bits per heavy atom. The number of hydrogen-bond donors (Lipinski definition) is 2. The highest BCUT2D eigenvalue weighted by atomic mass is 16.6. The Kier molecular flexibility index (Phi) is 11.7. The van der Waals surface area contributed by atoms with Gasteiger partial charge >= 0.3 is 5.97 Å². The number of carboxylic acid groups (broad SMARTS) is 1. The van der Waals surface area contributed by atoms with Gasteiger partial charge in [-0.05, 0) is 49.2 Å². The molecule has 9 heteroatoms. The van der Waals surface area contributed by atoms with Crippen molar-refractivity contribution in [2.45, 2.75) is 57.8 Å². The summed E-state index contributed by atoms with van der Waals surface area (Å²) >= 11 is 0. The molecule has 0 aliphatic heterocycles. The van der Waals surface area contributed by atoms with E-state index in [4.69, 9.17) is 10.2 Å². The topological polar surface area (TPSA) is 129 Å². The highest BCUT2D eigenvalue weighted by Gasteiger charge is 2.17. The molecule has 0 saturated heterocycles. The fourth-order valence-electron chi connectivity index (χ4n) is 3.60. The molecule has 0 aliphatic rings. The van der Waals surface area contributed by atoms with Crippen molar-refractivity contribution in [3.05, 3.63) is 58.1 Å². The number of anilines is 1. The molecule has 0 aliphatic carbocycles. The van der Waals surface area contributed by atoms with Gasteiger partial charge in [-0.2, -0.15) is 5.11 Å². The van der Waals surface area contributed by atoms with Crippen molar-refractivity contribution >= 4 is 28.7 Å². The van der Waals surface area contributed by atoms with Crippen LogP contribution in [0.4, 0.5) is 22.7 Å². The van der Waals surface area contributed by atoms with Crippen molar-refractivity contribution in [2.75, 3.05) is 25.1 Å². The molecule has 0 radical (unpaired) electrons. The molecule has 2 aromatic rings. The van der Waals surface area contributed by atoms with Gasteiger partial charge in [-0.15, -0.1) is 5.11 Å². The van der Waals surface area contributed by atoms with Crippen molar-refractivity contribution in [1.29, 1.82) is 0 Å². The summed E-state index contributed by atoms with van der Waals surface area (Å²) in [5.41, 5.74) is 1.03. The molecule has 0 atom stereocenters. The Bertz CT molecular complexity index is 947. The number of benzene rings is 2. The quantitative estimate of drug-likeness (QED) is 0.122. The lowest BCUT2D eigenvalue weighted by atomic mass is 10.1. The van der Waals surface area contributed by atoms with Crippen LogP contribution in [0.1, 0.15) is 68.1 Å². The first-order chi connectivity index (χ1) is 16.4. The smallest absolute Gasteiger partial charge is 0.335 e. The monoisotopic (exact) mass is 470 g/mol. The van der Waals surface area contributed by atoms with Gasteiger partial charge in [-0.25, -0.2) is 4.79 Å². The highest BCUT2D eigenvalue weighted by molar-refractivity contribution is 5.89. The number of hydrogen-bond acceptors (Lipinski definition) is 7. The standard InChI is InChI=1S/C25H34N4O5/c1-28(17-9-7-5-3-2-4-6-8-10-18-30)22-14-12-21(13-15-22)26-27-23-16-11-20(25(31)32)19-24(23)29(33)34/h11-16,19,30H,2-10,17-18H2,1H3,(H,31,32). The van der Waals surface area contributed by atoms with Crippen LogP contribution in [0.5, 0.6) is 0 Å². The molecule has 2 rings (SSSR count). The number of rotatable bonds is 16. The van der Waals surface area contributed by atoms with Gasteiger partial charge in [0, 0.05) is 32.0 Å². The van der Waals surface area contributed by atoms with E-state index in [9.17, 15) is 14.9 Å². The largest absolute Gasteiger partial charge is 0.478 e. The van der Waals surface area contributed by atoms with E-state index in [1.807, 2.05) is 19.2 Å². The first kappa shape index (κ1) is 26.9. The minimum Gasteiger partial charge on any atom is -0.478 e. The summed E-state index contributed by atoms with van der Waals surface area (Å²) in [4.78, 5) is 23.8. The number of unbranched alkanes of at least 4 members (excludes halogenated alkanes) is 8. The van der Waals surface area contributed by atoms with Crippen LogP contribution in [-0.2, 0) is 0 Å². The molecule has 34 heavy (non-hydrogen) atoms. The van der Waals surface area contributed by atoms with E-state index in [0.29, 0.717) is 12.3 Å². The fourth-order valence-corrected chi connectivity index (χ4v) is 3.60. The predicted molar refractivity (Wildman–Crippen MR) is 133 cm³/mol. The average Bonchev–Trinajstić information content (AvgIpc) is 2.83. The Morgan fingerprint density at radius 1 is 0.912 bits per heavy atom. The molecule has 0 heterocycles. The molecule has 184 valence electrons. The maximum Gasteiger partial charge on any atom is 0.335 e. The first-order valence-electron chi connectivity index (χ1n) is 11.8. The molecular weight excluding hydrogens is 436 g/mol. The second-order valence-corrected chi connectivity index (χ2v) is 8.31. The molecule has 0 unspecified atom stereocenters. The van der Waals surface area contributed by atoms with E-state index in [1.54, 1.807) is 12.1 Å². The molecule has 0 aromatic heterocycles. The van der Waals surface area contributed by atoms with Gasteiger partial charge in [-0.3, -0.25) is 10.1 Å². The summed E-state index contributed by atoms with van der Waals surface area (Å²) in [5.74, 6) is -1.24. The molecule has 0 bridgehead atoms. The zero-order chi connectivity index (χ0) is 24.8. The lowest BCUT2D eigenvalue weighted by Gasteiger charge is -2.19. The third-order valence-electron chi connectivity index (χ3n) is 5.63. The number of carbonyl (C=O) groups is 1. The highest BCUT2D eigenvalue weighted by Crippen LogP contribution is 2.30. The van der Waals surface area contributed by atoms with Gasteiger partial charge in [0.2, 0.25) is 0 Å². The maximum atomic E-state index is 11.2. The zero-order valence-electron chi connectivity index (χ0n) is 19.7. The fraction of sp³-hybridized carbons (Fsp3) is 0.480. The molecule has 0 spiro atoms. The van der Waals surface area contributed by atoms with Crippen LogP contribution in [0.3, 0.4) is 0 Å². The number of nitro benzene ring substituents is 1. The normalized spacial score (nSPS) is 11.1. The van der Waals surface area contributed by atoms with Crippen LogP contribution in [-0.4, -0.2) is 41.3 Å².